The van der Waals surface area contributed by atoms with Crippen molar-refractivity contribution in [3.05, 3.63) is 60.1 Å². The number of hydrogen-bond donors (Lipinski definition) is 2. The Labute approximate surface area is 119 Å². The topological polar surface area (TPSA) is 54.3 Å². The molecular formula is C16H20N2O2. The van der Waals surface area contributed by atoms with Crippen molar-refractivity contribution in [1.29, 1.82) is 0 Å². The second-order valence-corrected chi connectivity index (χ2v) is 4.59. The summed E-state index contributed by atoms with van der Waals surface area (Å²) >= 11 is 0. The molecule has 0 spiro atoms. The summed E-state index contributed by atoms with van der Waals surface area (Å²) in [5.41, 5.74) is 1.07. The standard InChI is InChI=1S/C16H20N2O2/c1-2-10-17-15(19)12-18-16(14-9-6-11-20-14)13-7-4-3-5-8-13/h3-9,11,16,18H,2,10,12H2,1H3,(H,17,19)/t16-/m1/s1. The molecule has 0 aliphatic heterocycles. The van der Waals surface area contributed by atoms with Crippen molar-refractivity contribution < 1.29 is 9.21 Å². The van der Waals surface area contributed by atoms with Crippen molar-refractivity contribution in [2.45, 2.75) is 19.4 Å². The number of carbonyl (C=O) groups excluding carboxylic acids is 1. The van der Waals surface area contributed by atoms with E-state index in [0.717, 1.165) is 17.7 Å². The van der Waals surface area contributed by atoms with E-state index in [2.05, 4.69) is 10.6 Å². The zero-order chi connectivity index (χ0) is 14.2. The summed E-state index contributed by atoms with van der Waals surface area (Å²) in [7, 11) is 0. The third-order valence-electron chi connectivity index (χ3n) is 3.00. The molecule has 106 valence electrons. The van der Waals surface area contributed by atoms with E-state index in [1.54, 1.807) is 6.26 Å². The Bertz CT molecular complexity index is 509. The molecule has 0 unspecified atom stereocenters. The minimum absolute atomic E-state index is 0.000614. The lowest BCUT2D eigenvalue weighted by molar-refractivity contribution is -0.120. The van der Waals surface area contributed by atoms with Crippen LogP contribution in [-0.2, 0) is 4.79 Å². The highest BCUT2D eigenvalue weighted by atomic mass is 16.3. The first-order valence-corrected chi connectivity index (χ1v) is 6.89. The van der Waals surface area contributed by atoms with E-state index in [1.807, 2.05) is 49.4 Å². The molecule has 4 nitrogen and oxygen atoms in total. The first kappa shape index (κ1) is 14.3. The fourth-order valence-corrected chi connectivity index (χ4v) is 2.01. The van der Waals surface area contributed by atoms with E-state index in [-0.39, 0.29) is 18.5 Å². The number of rotatable bonds is 7. The second-order valence-electron chi connectivity index (χ2n) is 4.59. The summed E-state index contributed by atoms with van der Waals surface area (Å²) < 4.78 is 5.47. The van der Waals surface area contributed by atoms with Gasteiger partial charge in [-0.1, -0.05) is 37.3 Å². The third kappa shape index (κ3) is 3.96. The molecule has 0 aliphatic rings. The molecule has 0 bridgehead atoms. The number of benzene rings is 1. The Morgan fingerprint density at radius 3 is 2.65 bits per heavy atom. The Kier molecular flexibility index (Phi) is 5.38. The Morgan fingerprint density at radius 2 is 2.00 bits per heavy atom. The molecule has 0 aliphatic carbocycles. The first-order chi connectivity index (χ1) is 9.81. The van der Waals surface area contributed by atoms with Gasteiger partial charge in [0, 0.05) is 6.54 Å². The van der Waals surface area contributed by atoms with Gasteiger partial charge in [-0.25, -0.2) is 0 Å². The van der Waals surface area contributed by atoms with E-state index < -0.39 is 0 Å². The van der Waals surface area contributed by atoms with Crippen LogP contribution in [0.4, 0.5) is 0 Å². The highest BCUT2D eigenvalue weighted by molar-refractivity contribution is 5.78. The Balaban J connectivity index is 2.03. The molecule has 0 saturated heterocycles. The van der Waals surface area contributed by atoms with Crippen LogP contribution in [0.5, 0.6) is 0 Å². The van der Waals surface area contributed by atoms with Gasteiger partial charge in [-0.15, -0.1) is 0 Å². The lowest BCUT2D eigenvalue weighted by atomic mass is 10.0. The normalized spacial score (nSPS) is 12.1. The molecule has 1 heterocycles. The van der Waals surface area contributed by atoms with Crippen molar-refractivity contribution >= 4 is 5.91 Å². The molecule has 2 N–H and O–H groups in total. The van der Waals surface area contributed by atoms with Crippen LogP contribution >= 0.6 is 0 Å². The van der Waals surface area contributed by atoms with Crippen LogP contribution in [0.2, 0.25) is 0 Å². The van der Waals surface area contributed by atoms with E-state index in [0.29, 0.717) is 6.54 Å². The maximum Gasteiger partial charge on any atom is 0.233 e. The maximum absolute atomic E-state index is 11.7. The molecule has 1 aromatic heterocycles. The highest BCUT2D eigenvalue weighted by Gasteiger charge is 2.17. The SMILES string of the molecule is CCCNC(=O)CN[C@H](c1ccccc1)c1ccco1. The largest absolute Gasteiger partial charge is 0.467 e. The van der Waals surface area contributed by atoms with E-state index >= 15 is 0 Å². The van der Waals surface area contributed by atoms with Gasteiger partial charge in [-0.3, -0.25) is 10.1 Å². The predicted octanol–water partition coefficient (Wildman–Crippen LogP) is 2.48. The van der Waals surface area contributed by atoms with Gasteiger partial charge in [0.25, 0.3) is 0 Å². The van der Waals surface area contributed by atoms with Crippen LogP contribution < -0.4 is 10.6 Å². The van der Waals surface area contributed by atoms with Crippen LogP contribution in [0.15, 0.2) is 53.1 Å². The van der Waals surface area contributed by atoms with Gasteiger partial charge in [0.05, 0.1) is 18.8 Å². The monoisotopic (exact) mass is 272 g/mol. The molecule has 2 rings (SSSR count). The fourth-order valence-electron chi connectivity index (χ4n) is 2.01. The van der Waals surface area contributed by atoms with Gasteiger partial charge < -0.3 is 9.73 Å². The minimum atomic E-state index is -0.112. The average Bonchev–Trinajstić information content (AvgIpc) is 3.00. The third-order valence-corrected chi connectivity index (χ3v) is 3.00. The van der Waals surface area contributed by atoms with Gasteiger partial charge in [0.1, 0.15) is 5.76 Å². The van der Waals surface area contributed by atoms with E-state index in [1.165, 1.54) is 0 Å². The van der Waals surface area contributed by atoms with Crippen LogP contribution in [0, 0.1) is 0 Å². The fraction of sp³-hybridized carbons (Fsp3) is 0.312. The summed E-state index contributed by atoms with van der Waals surface area (Å²) in [5, 5.41) is 6.09. The lowest BCUT2D eigenvalue weighted by Gasteiger charge is -2.17. The highest BCUT2D eigenvalue weighted by Crippen LogP contribution is 2.21. The van der Waals surface area contributed by atoms with Gasteiger partial charge in [0.2, 0.25) is 5.91 Å². The lowest BCUT2D eigenvalue weighted by Crippen LogP contribution is -2.36. The average molecular weight is 272 g/mol. The summed E-state index contributed by atoms with van der Waals surface area (Å²) in [4.78, 5) is 11.7. The molecular weight excluding hydrogens is 252 g/mol. The van der Waals surface area contributed by atoms with Crippen molar-refractivity contribution in [3.63, 3.8) is 0 Å². The van der Waals surface area contributed by atoms with E-state index in [4.69, 9.17) is 4.42 Å². The smallest absolute Gasteiger partial charge is 0.233 e. The molecule has 20 heavy (non-hydrogen) atoms. The molecule has 0 radical (unpaired) electrons. The number of nitrogens with one attached hydrogen (secondary N) is 2. The zero-order valence-corrected chi connectivity index (χ0v) is 11.6. The molecule has 0 fully saturated rings. The van der Waals surface area contributed by atoms with Gasteiger partial charge in [-0.05, 0) is 24.1 Å². The van der Waals surface area contributed by atoms with Crippen molar-refractivity contribution in [2.24, 2.45) is 0 Å². The Hall–Kier alpha value is -2.07. The summed E-state index contributed by atoms with van der Waals surface area (Å²) in [6.07, 6.45) is 2.58. The van der Waals surface area contributed by atoms with Crippen molar-refractivity contribution in [1.82, 2.24) is 10.6 Å². The molecule has 1 atom stereocenters. The van der Waals surface area contributed by atoms with Crippen LogP contribution in [0.3, 0.4) is 0 Å². The predicted molar refractivity (Wildman–Crippen MR) is 78.3 cm³/mol. The second kappa shape index (κ2) is 7.50. The van der Waals surface area contributed by atoms with Gasteiger partial charge in [-0.2, -0.15) is 0 Å². The quantitative estimate of drug-likeness (QED) is 0.814. The zero-order valence-electron chi connectivity index (χ0n) is 11.6. The number of hydrogen-bond acceptors (Lipinski definition) is 3. The van der Waals surface area contributed by atoms with Crippen LogP contribution in [0.25, 0.3) is 0 Å². The minimum Gasteiger partial charge on any atom is -0.467 e. The summed E-state index contributed by atoms with van der Waals surface area (Å²) in [5.74, 6) is 0.804. The van der Waals surface area contributed by atoms with Crippen molar-refractivity contribution in [2.75, 3.05) is 13.1 Å². The van der Waals surface area contributed by atoms with Crippen LogP contribution in [-0.4, -0.2) is 19.0 Å². The van der Waals surface area contributed by atoms with Crippen molar-refractivity contribution in [3.8, 4) is 0 Å². The number of carbonyl (C=O) groups is 1. The molecule has 0 saturated carbocycles. The Morgan fingerprint density at radius 1 is 1.20 bits per heavy atom. The van der Waals surface area contributed by atoms with Gasteiger partial charge in [0.15, 0.2) is 0 Å². The van der Waals surface area contributed by atoms with Crippen LogP contribution in [0.1, 0.15) is 30.7 Å². The summed E-state index contributed by atoms with van der Waals surface area (Å²) in [6.45, 7) is 3.00. The number of amides is 1. The number of furan rings is 1. The maximum atomic E-state index is 11.7. The molecule has 1 aromatic carbocycles. The molecule has 1 amide bonds. The summed E-state index contributed by atoms with van der Waals surface area (Å²) in [6, 6.07) is 13.6. The molecule has 4 heteroatoms. The first-order valence-electron chi connectivity index (χ1n) is 6.89. The van der Waals surface area contributed by atoms with E-state index in [9.17, 15) is 4.79 Å². The van der Waals surface area contributed by atoms with Gasteiger partial charge >= 0.3 is 0 Å². The molecule has 2 aromatic rings.